The molecule has 0 aromatic heterocycles. The summed E-state index contributed by atoms with van der Waals surface area (Å²) >= 11 is 0. The number of benzene rings is 2. The van der Waals surface area contributed by atoms with Gasteiger partial charge in [-0.3, -0.25) is 0 Å². The second kappa shape index (κ2) is 5.08. The van der Waals surface area contributed by atoms with Gasteiger partial charge in [-0.1, -0.05) is 12.1 Å². The van der Waals surface area contributed by atoms with Gasteiger partial charge in [0, 0.05) is 12.2 Å². The highest BCUT2D eigenvalue weighted by atomic mass is 19.1. The molecular weight excluding hydrogens is 227 g/mol. The van der Waals surface area contributed by atoms with E-state index in [1.807, 2.05) is 36.9 Å². The molecule has 3 heteroatoms. The first-order valence-corrected chi connectivity index (χ1v) is 6.01. The summed E-state index contributed by atoms with van der Waals surface area (Å²) in [5.41, 5.74) is 9.42. The topological polar surface area (TPSA) is 29.3 Å². The minimum Gasteiger partial charge on any atom is -0.397 e. The van der Waals surface area contributed by atoms with Crippen LogP contribution in [0.3, 0.4) is 0 Å². The number of nitrogens with zero attached hydrogens (tertiary/aromatic N) is 1. The first-order chi connectivity index (χ1) is 8.61. The second-order valence-corrected chi connectivity index (χ2v) is 4.29. The molecule has 0 saturated carbocycles. The molecule has 0 atom stereocenters. The van der Waals surface area contributed by atoms with Crippen LogP contribution in [0.4, 0.5) is 21.5 Å². The molecule has 2 aromatic rings. The average molecular weight is 244 g/mol. The normalized spacial score (nSPS) is 10.4. The fraction of sp³-hybridized carbons (Fsp3) is 0.200. The maximum atomic E-state index is 13.4. The van der Waals surface area contributed by atoms with Gasteiger partial charge in [0.25, 0.3) is 0 Å². The van der Waals surface area contributed by atoms with Crippen LogP contribution >= 0.6 is 0 Å². The molecule has 18 heavy (non-hydrogen) atoms. The lowest BCUT2D eigenvalue weighted by Crippen LogP contribution is -2.17. The van der Waals surface area contributed by atoms with Gasteiger partial charge in [-0.15, -0.1) is 0 Å². The van der Waals surface area contributed by atoms with Gasteiger partial charge in [-0.2, -0.15) is 0 Å². The van der Waals surface area contributed by atoms with Crippen LogP contribution in [0, 0.1) is 12.7 Å². The van der Waals surface area contributed by atoms with Crippen LogP contribution in [0.25, 0.3) is 0 Å². The summed E-state index contributed by atoms with van der Waals surface area (Å²) in [4.78, 5) is 2.01. The Morgan fingerprint density at radius 3 is 2.61 bits per heavy atom. The molecular formula is C15H17FN2. The Labute approximate surface area is 107 Å². The summed E-state index contributed by atoms with van der Waals surface area (Å²) in [5.74, 6) is -0.273. The van der Waals surface area contributed by atoms with Crippen molar-refractivity contribution in [2.75, 3.05) is 17.2 Å². The Morgan fingerprint density at radius 1 is 1.17 bits per heavy atom. The monoisotopic (exact) mass is 244 g/mol. The highest BCUT2D eigenvalue weighted by Gasteiger charge is 2.11. The molecule has 0 aliphatic heterocycles. The maximum Gasteiger partial charge on any atom is 0.125 e. The van der Waals surface area contributed by atoms with E-state index in [1.54, 1.807) is 6.07 Å². The number of anilines is 3. The van der Waals surface area contributed by atoms with E-state index in [0.717, 1.165) is 12.2 Å². The first kappa shape index (κ1) is 12.4. The molecule has 2 nitrogen and oxygen atoms in total. The molecule has 2 N–H and O–H groups in total. The molecule has 0 aliphatic carbocycles. The van der Waals surface area contributed by atoms with Gasteiger partial charge in [0.2, 0.25) is 0 Å². The van der Waals surface area contributed by atoms with Crippen LogP contribution in [0.5, 0.6) is 0 Å². The standard InChI is InChI=1S/C15H17FN2/c1-3-18(13-6-4-5-11(2)9-13)15-10-12(16)7-8-14(15)17/h4-10H,3,17H2,1-2H3. The van der Waals surface area contributed by atoms with Crippen molar-refractivity contribution in [2.24, 2.45) is 0 Å². The number of hydrogen-bond donors (Lipinski definition) is 1. The Kier molecular flexibility index (Phi) is 3.51. The lowest BCUT2D eigenvalue weighted by molar-refractivity contribution is 0.628. The molecule has 0 amide bonds. The summed E-state index contributed by atoms with van der Waals surface area (Å²) in [6, 6.07) is 12.5. The Hall–Kier alpha value is -2.03. The van der Waals surface area contributed by atoms with Crippen molar-refractivity contribution < 1.29 is 4.39 Å². The molecule has 2 rings (SSSR count). The zero-order valence-corrected chi connectivity index (χ0v) is 10.7. The molecule has 0 radical (unpaired) electrons. The van der Waals surface area contributed by atoms with Crippen LogP contribution in [0.1, 0.15) is 12.5 Å². The number of nitrogens with two attached hydrogens (primary N) is 1. The highest BCUT2D eigenvalue weighted by molar-refractivity contribution is 5.75. The van der Waals surface area contributed by atoms with Crippen LogP contribution in [-0.4, -0.2) is 6.54 Å². The van der Waals surface area contributed by atoms with Crippen molar-refractivity contribution in [2.45, 2.75) is 13.8 Å². The minimum atomic E-state index is -0.273. The van der Waals surface area contributed by atoms with Gasteiger partial charge in [-0.05, 0) is 49.7 Å². The van der Waals surface area contributed by atoms with Crippen molar-refractivity contribution in [3.63, 3.8) is 0 Å². The Bertz CT molecular complexity index is 552. The largest absolute Gasteiger partial charge is 0.397 e. The van der Waals surface area contributed by atoms with Crippen molar-refractivity contribution in [3.05, 3.63) is 53.8 Å². The van der Waals surface area contributed by atoms with Crippen molar-refractivity contribution in [1.82, 2.24) is 0 Å². The molecule has 0 heterocycles. The Balaban J connectivity index is 2.48. The van der Waals surface area contributed by atoms with Gasteiger partial charge in [-0.25, -0.2) is 4.39 Å². The van der Waals surface area contributed by atoms with E-state index in [9.17, 15) is 4.39 Å². The number of halogens is 1. The van der Waals surface area contributed by atoms with E-state index >= 15 is 0 Å². The maximum absolute atomic E-state index is 13.4. The van der Waals surface area contributed by atoms with Gasteiger partial charge >= 0.3 is 0 Å². The quantitative estimate of drug-likeness (QED) is 0.830. The third-order valence-corrected chi connectivity index (χ3v) is 2.91. The second-order valence-electron chi connectivity index (χ2n) is 4.29. The van der Waals surface area contributed by atoms with Gasteiger partial charge in [0.05, 0.1) is 11.4 Å². The van der Waals surface area contributed by atoms with E-state index in [-0.39, 0.29) is 5.82 Å². The van der Waals surface area contributed by atoms with Gasteiger partial charge in [0.15, 0.2) is 0 Å². The lowest BCUT2D eigenvalue weighted by Gasteiger charge is -2.25. The van der Waals surface area contributed by atoms with E-state index in [2.05, 4.69) is 6.07 Å². The predicted octanol–water partition coefficient (Wildman–Crippen LogP) is 3.87. The molecule has 0 aliphatic rings. The van der Waals surface area contributed by atoms with Crippen molar-refractivity contribution in [1.29, 1.82) is 0 Å². The molecule has 94 valence electrons. The van der Waals surface area contributed by atoms with Crippen LogP contribution in [0.2, 0.25) is 0 Å². The Morgan fingerprint density at radius 2 is 1.94 bits per heavy atom. The third-order valence-electron chi connectivity index (χ3n) is 2.91. The highest BCUT2D eigenvalue weighted by Crippen LogP contribution is 2.31. The minimum absolute atomic E-state index is 0.273. The molecule has 2 aromatic carbocycles. The molecule has 0 spiro atoms. The van der Waals surface area contributed by atoms with Gasteiger partial charge < -0.3 is 10.6 Å². The van der Waals surface area contributed by atoms with Crippen LogP contribution in [-0.2, 0) is 0 Å². The summed E-state index contributed by atoms with van der Waals surface area (Å²) < 4.78 is 13.4. The third kappa shape index (κ3) is 2.45. The van der Waals surface area contributed by atoms with Crippen LogP contribution < -0.4 is 10.6 Å². The van der Waals surface area contributed by atoms with Crippen molar-refractivity contribution in [3.8, 4) is 0 Å². The number of nitrogen functional groups attached to an aromatic ring is 1. The lowest BCUT2D eigenvalue weighted by atomic mass is 10.1. The average Bonchev–Trinajstić information content (AvgIpc) is 2.35. The zero-order chi connectivity index (χ0) is 13.1. The molecule has 0 bridgehead atoms. The SMILES string of the molecule is CCN(c1cccc(C)c1)c1cc(F)ccc1N. The fourth-order valence-electron chi connectivity index (χ4n) is 2.04. The van der Waals surface area contributed by atoms with E-state index in [4.69, 9.17) is 5.73 Å². The van der Waals surface area contributed by atoms with E-state index in [1.165, 1.54) is 17.7 Å². The molecule has 0 fully saturated rings. The smallest absolute Gasteiger partial charge is 0.125 e. The molecule has 0 saturated heterocycles. The number of rotatable bonds is 3. The van der Waals surface area contributed by atoms with Gasteiger partial charge in [0.1, 0.15) is 5.82 Å². The predicted molar refractivity (Wildman–Crippen MR) is 74.7 cm³/mol. The van der Waals surface area contributed by atoms with Crippen molar-refractivity contribution >= 4 is 17.1 Å². The first-order valence-electron chi connectivity index (χ1n) is 6.01. The van der Waals surface area contributed by atoms with Crippen LogP contribution in [0.15, 0.2) is 42.5 Å². The summed E-state index contributed by atoms with van der Waals surface area (Å²) in [6.45, 7) is 4.79. The zero-order valence-electron chi connectivity index (χ0n) is 10.7. The fourth-order valence-corrected chi connectivity index (χ4v) is 2.04. The summed E-state index contributed by atoms with van der Waals surface area (Å²) in [5, 5.41) is 0. The summed E-state index contributed by atoms with van der Waals surface area (Å²) in [7, 11) is 0. The summed E-state index contributed by atoms with van der Waals surface area (Å²) in [6.07, 6.45) is 0. The molecule has 0 unspecified atom stereocenters. The van der Waals surface area contributed by atoms with E-state index < -0.39 is 0 Å². The van der Waals surface area contributed by atoms with E-state index in [0.29, 0.717) is 11.4 Å². The number of aryl methyl sites for hydroxylation is 1. The number of hydrogen-bond acceptors (Lipinski definition) is 2.